The van der Waals surface area contributed by atoms with Crippen molar-refractivity contribution in [1.82, 2.24) is 25.1 Å². The molecule has 1 aromatic carbocycles. The molecule has 1 amide bonds. The Morgan fingerprint density at radius 2 is 1.97 bits per heavy atom. The molecule has 0 atom stereocenters. The van der Waals surface area contributed by atoms with E-state index in [1.165, 1.54) is 4.88 Å². The summed E-state index contributed by atoms with van der Waals surface area (Å²) in [5.74, 6) is 1.94. The second kappa shape index (κ2) is 8.66. The fourth-order valence-electron chi connectivity index (χ4n) is 2.86. The van der Waals surface area contributed by atoms with Crippen molar-refractivity contribution in [1.29, 1.82) is 0 Å². The van der Waals surface area contributed by atoms with Gasteiger partial charge in [-0.3, -0.25) is 4.79 Å². The van der Waals surface area contributed by atoms with E-state index in [2.05, 4.69) is 31.8 Å². The molecule has 4 rings (SSSR count). The van der Waals surface area contributed by atoms with Crippen LogP contribution >= 0.6 is 11.3 Å². The molecule has 3 aromatic heterocycles. The SMILES string of the molecule is Cc1nc(NCCNC(=O)c2ccc(-c3cccs3)cc2)cc(-n2cccn2)n1. The number of thiophene rings is 1. The lowest BCUT2D eigenvalue weighted by atomic mass is 10.1. The van der Waals surface area contributed by atoms with Crippen LogP contribution < -0.4 is 10.6 Å². The predicted octanol–water partition coefficient (Wildman–Crippen LogP) is 3.54. The van der Waals surface area contributed by atoms with Crippen LogP contribution in [-0.2, 0) is 0 Å². The number of hydrogen-bond donors (Lipinski definition) is 2. The van der Waals surface area contributed by atoms with Crippen LogP contribution in [0.1, 0.15) is 16.2 Å². The van der Waals surface area contributed by atoms with Gasteiger partial charge in [0.2, 0.25) is 0 Å². The van der Waals surface area contributed by atoms with E-state index in [1.54, 1.807) is 22.2 Å². The van der Waals surface area contributed by atoms with Gasteiger partial charge in [0.05, 0.1) is 0 Å². The molecule has 0 fully saturated rings. The largest absolute Gasteiger partial charge is 0.368 e. The maximum atomic E-state index is 12.3. The highest BCUT2D eigenvalue weighted by atomic mass is 32.1. The molecule has 2 N–H and O–H groups in total. The van der Waals surface area contributed by atoms with Crippen LogP contribution in [0.5, 0.6) is 0 Å². The zero-order valence-electron chi connectivity index (χ0n) is 15.9. The van der Waals surface area contributed by atoms with Crippen molar-refractivity contribution in [2.75, 3.05) is 18.4 Å². The Kier molecular flexibility index (Phi) is 5.62. The van der Waals surface area contributed by atoms with Crippen LogP contribution in [0.4, 0.5) is 5.82 Å². The third-order valence-electron chi connectivity index (χ3n) is 4.23. The Morgan fingerprint density at radius 1 is 1.10 bits per heavy atom. The quantitative estimate of drug-likeness (QED) is 0.460. The molecule has 0 aliphatic carbocycles. The Hall–Kier alpha value is -3.52. The highest BCUT2D eigenvalue weighted by Gasteiger charge is 2.07. The highest BCUT2D eigenvalue weighted by Crippen LogP contribution is 2.24. The first-order valence-corrected chi connectivity index (χ1v) is 10.1. The van der Waals surface area contributed by atoms with Crippen LogP contribution in [0, 0.1) is 6.92 Å². The van der Waals surface area contributed by atoms with Gasteiger partial charge in [-0.25, -0.2) is 14.6 Å². The van der Waals surface area contributed by atoms with E-state index in [1.807, 2.05) is 61.0 Å². The number of aryl methyl sites for hydroxylation is 1. The standard InChI is InChI=1S/C21H20N6OS/c1-15-25-19(14-20(26-15)27-12-3-9-24-27)22-10-11-23-21(28)17-7-5-16(6-8-17)18-4-2-13-29-18/h2-9,12-14H,10-11H2,1H3,(H,23,28)(H,22,25,26). The number of anilines is 1. The van der Waals surface area contributed by atoms with Crippen LogP contribution in [0.15, 0.2) is 66.3 Å². The van der Waals surface area contributed by atoms with Gasteiger partial charge in [0.1, 0.15) is 11.6 Å². The van der Waals surface area contributed by atoms with Gasteiger partial charge < -0.3 is 10.6 Å². The molecular formula is C21H20N6OS. The summed E-state index contributed by atoms with van der Waals surface area (Å²) in [7, 11) is 0. The molecule has 0 aliphatic rings. The van der Waals surface area contributed by atoms with Crippen molar-refractivity contribution in [3.05, 3.63) is 77.7 Å². The van der Waals surface area contributed by atoms with Gasteiger partial charge in [-0.05, 0) is 42.1 Å². The number of nitrogens with one attached hydrogen (secondary N) is 2. The lowest BCUT2D eigenvalue weighted by Gasteiger charge is -2.10. The number of rotatable bonds is 7. The normalized spacial score (nSPS) is 10.7. The van der Waals surface area contributed by atoms with Gasteiger partial charge in [0.25, 0.3) is 5.91 Å². The molecular weight excluding hydrogens is 384 g/mol. The third kappa shape index (κ3) is 4.67. The molecule has 8 heteroatoms. The van der Waals surface area contributed by atoms with Gasteiger partial charge in [-0.1, -0.05) is 18.2 Å². The second-order valence-electron chi connectivity index (χ2n) is 6.35. The molecule has 0 radical (unpaired) electrons. The number of amides is 1. The Balaban J connectivity index is 1.30. The summed E-state index contributed by atoms with van der Waals surface area (Å²) < 4.78 is 1.68. The molecule has 3 heterocycles. The zero-order valence-corrected chi connectivity index (χ0v) is 16.7. The molecule has 146 valence electrons. The third-order valence-corrected chi connectivity index (χ3v) is 5.15. The first-order chi connectivity index (χ1) is 14.2. The molecule has 0 unspecified atom stereocenters. The van der Waals surface area contributed by atoms with E-state index in [0.29, 0.717) is 36.1 Å². The fourth-order valence-corrected chi connectivity index (χ4v) is 3.59. The fraction of sp³-hybridized carbons (Fsp3) is 0.143. The van der Waals surface area contributed by atoms with Crippen molar-refractivity contribution < 1.29 is 4.79 Å². The van der Waals surface area contributed by atoms with E-state index in [9.17, 15) is 4.79 Å². The molecule has 7 nitrogen and oxygen atoms in total. The van der Waals surface area contributed by atoms with Crippen LogP contribution in [-0.4, -0.2) is 38.7 Å². The minimum atomic E-state index is -0.0966. The van der Waals surface area contributed by atoms with Crippen LogP contribution in [0.2, 0.25) is 0 Å². The minimum Gasteiger partial charge on any atom is -0.368 e. The van der Waals surface area contributed by atoms with Gasteiger partial charge in [-0.15, -0.1) is 11.3 Å². The van der Waals surface area contributed by atoms with Gasteiger partial charge in [-0.2, -0.15) is 5.10 Å². The Labute approximate surface area is 172 Å². The predicted molar refractivity (Wildman–Crippen MR) is 114 cm³/mol. The van der Waals surface area contributed by atoms with Crippen molar-refractivity contribution in [3.8, 4) is 16.3 Å². The van der Waals surface area contributed by atoms with Crippen LogP contribution in [0.25, 0.3) is 16.3 Å². The monoisotopic (exact) mass is 404 g/mol. The minimum absolute atomic E-state index is 0.0966. The molecule has 29 heavy (non-hydrogen) atoms. The first kappa shape index (κ1) is 18.8. The van der Waals surface area contributed by atoms with E-state index in [4.69, 9.17) is 0 Å². The van der Waals surface area contributed by atoms with Crippen molar-refractivity contribution >= 4 is 23.1 Å². The van der Waals surface area contributed by atoms with E-state index in [-0.39, 0.29) is 5.91 Å². The molecule has 0 saturated carbocycles. The summed E-state index contributed by atoms with van der Waals surface area (Å²) in [6.45, 7) is 2.86. The maximum absolute atomic E-state index is 12.3. The van der Waals surface area contributed by atoms with Crippen molar-refractivity contribution in [2.24, 2.45) is 0 Å². The number of carbonyl (C=O) groups excluding carboxylic acids is 1. The number of nitrogens with zero attached hydrogens (tertiary/aromatic N) is 4. The van der Waals surface area contributed by atoms with Crippen LogP contribution in [0.3, 0.4) is 0 Å². The summed E-state index contributed by atoms with van der Waals surface area (Å²) >= 11 is 1.68. The number of hydrogen-bond acceptors (Lipinski definition) is 6. The van der Waals surface area contributed by atoms with Gasteiger partial charge >= 0.3 is 0 Å². The summed E-state index contributed by atoms with van der Waals surface area (Å²) in [6.07, 6.45) is 3.53. The van der Waals surface area contributed by atoms with E-state index < -0.39 is 0 Å². The first-order valence-electron chi connectivity index (χ1n) is 9.21. The Morgan fingerprint density at radius 3 is 2.69 bits per heavy atom. The molecule has 4 aromatic rings. The lowest BCUT2D eigenvalue weighted by molar-refractivity contribution is 0.0955. The lowest BCUT2D eigenvalue weighted by Crippen LogP contribution is -2.28. The van der Waals surface area contributed by atoms with E-state index >= 15 is 0 Å². The molecule has 0 saturated heterocycles. The Bertz CT molecular complexity index is 1080. The van der Waals surface area contributed by atoms with Crippen molar-refractivity contribution in [3.63, 3.8) is 0 Å². The molecule has 0 spiro atoms. The number of carbonyl (C=O) groups is 1. The topological polar surface area (TPSA) is 84.7 Å². The van der Waals surface area contributed by atoms with Gasteiger partial charge in [0.15, 0.2) is 5.82 Å². The molecule has 0 aliphatic heterocycles. The average Bonchev–Trinajstić information content (AvgIpc) is 3.45. The van der Waals surface area contributed by atoms with Gasteiger partial charge in [0, 0.05) is 42.0 Å². The zero-order chi connectivity index (χ0) is 20.1. The highest BCUT2D eigenvalue weighted by molar-refractivity contribution is 7.13. The summed E-state index contributed by atoms with van der Waals surface area (Å²) in [5, 5.41) is 12.4. The number of aromatic nitrogens is 4. The van der Waals surface area contributed by atoms with E-state index in [0.717, 1.165) is 5.56 Å². The second-order valence-corrected chi connectivity index (χ2v) is 7.29. The maximum Gasteiger partial charge on any atom is 0.251 e. The summed E-state index contributed by atoms with van der Waals surface area (Å²) in [6, 6.07) is 15.4. The number of benzene rings is 1. The summed E-state index contributed by atoms with van der Waals surface area (Å²) in [5.41, 5.74) is 1.76. The average molecular weight is 404 g/mol. The smallest absolute Gasteiger partial charge is 0.251 e. The molecule has 0 bridgehead atoms. The summed E-state index contributed by atoms with van der Waals surface area (Å²) in [4.78, 5) is 22.3. The van der Waals surface area contributed by atoms with Crippen molar-refractivity contribution in [2.45, 2.75) is 6.92 Å².